The molecule has 2 nitrogen and oxygen atoms in total. The van der Waals surface area contributed by atoms with Crippen molar-refractivity contribution in [1.82, 2.24) is 4.98 Å². The molecule has 1 aliphatic carbocycles. The van der Waals surface area contributed by atoms with Crippen LogP contribution in [-0.4, -0.2) is 17.4 Å². The summed E-state index contributed by atoms with van der Waals surface area (Å²) >= 11 is 5.84. The van der Waals surface area contributed by atoms with Gasteiger partial charge in [0.25, 0.3) is 0 Å². The van der Waals surface area contributed by atoms with E-state index in [1.54, 1.807) is 12.1 Å². The maximum atomic E-state index is 14.0. The smallest absolute Gasteiger partial charge is 0.153 e. The van der Waals surface area contributed by atoms with Gasteiger partial charge in [-0.2, -0.15) is 0 Å². The molecule has 0 radical (unpaired) electrons. The summed E-state index contributed by atoms with van der Waals surface area (Å²) in [6.07, 6.45) is 4.29. The molecule has 17 heavy (non-hydrogen) atoms. The predicted molar refractivity (Wildman–Crippen MR) is 65.3 cm³/mol. The first-order valence-corrected chi connectivity index (χ1v) is 5.92. The maximum Gasteiger partial charge on any atom is 0.153 e. The Labute approximate surface area is 105 Å². The van der Waals surface area contributed by atoms with Crippen molar-refractivity contribution in [2.75, 3.05) is 0 Å². The van der Waals surface area contributed by atoms with E-state index in [1.165, 1.54) is 6.20 Å². The highest BCUT2D eigenvalue weighted by atomic mass is 35.5. The normalized spacial score (nSPS) is 24.3. The van der Waals surface area contributed by atoms with Crippen LogP contribution in [0.4, 0.5) is 4.39 Å². The molecule has 1 heterocycles. The molecule has 0 fully saturated rings. The lowest BCUT2D eigenvalue weighted by Crippen LogP contribution is -2.18. The zero-order valence-electron chi connectivity index (χ0n) is 9.49. The first-order chi connectivity index (χ1) is 8.13. The Morgan fingerprint density at radius 2 is 2.35 bits per heavy atom. The third-order valence-electron chi connectivity index (χ3n) is 3.17. The van der Waals surface area contributed by atoms with Crippen LogP contribution >= 0.6 is 11.6 Å². The Morgan fingerprint density at radius 1 is 1.59 bits per heavy atom. The Morgan fingerprint density at radius 3 is 3.00 bits per heavy atom. The van der Waals surface area contributed by atoms with E-state index in [2.05, 4.69) is 4.98 Å². The van der Waals surface area contributed by atoms with E-state index >= 15 is 0 Å². The van der Waals surface area contributed by atoms with Gasteiger partial charge in [0.05, 0.1) is 5.56 Å². The van der Waals surface area contributed by atoms with Crippen molar-refractivity contribution in [3.63, 3.8) is 0 Å². The summed E-state index contributed by atoms with van der Waals surface area (Å²) < 4.78 is 14.0. The van der Waals surface area contributed by atoms with Crippen LogP contribution < -0.4 is 0 Å². The van der Waals surface area contributed by atoms with Crippen LogP contribution in [0.25, 0.3) is 0 Å². The first-order valence-electron chi connectivity index (χ1n) is 5.54. The maximum absolute atomic E-state index is 14.0. The molecule has 0 aromatic carbocycles. The molecular weight excluding hydrogens is 241 g/mol. The topological polar surface area (TPSA) is 30.0 Å². The van der Waals surface area contributed by atoms with Crippen LogP contribution in [0.15, 0.2) is 23.9 Å². The van der Waals surface area contributed by atoms with Gasteiger partial charge in [-0.05, 0) is 31.4 Å². The number of pyridine rings is 1. The van der Waals surface area contributed by atoms with Crippen molar-refractivity contribution in [3.8, 4) is 0 Å². The van der Waals surface area contributed by atoms with E-state index in [0.29, 0.717) is 23.8 Å². The van der Waals surface area contributed by atoms with Gasteiger partial charge in [-0.15, -0.1) is 0 Å². The molecule has 0 aliphatic heterocycles. The highest BCUT2D eigenvalue weighted by Gasteiger charge is 2.27. The van der Waals surface area contributed by atoms with Crippen molar-refractivity contribution >= 4 is 17.9 Å². The summed E-state index contributed by atoms with van der Waals surface area (Å²) in [5.41, 5.74) is 2.03. The van der Waals surface area contributed by atoms with Gasteiger partial charge >= 0.3 is 0 Å². The van der Waals surface area contributed by atoms with Gasteiger partial charge in [-0.25, -0.2) is 9.37 Å². The SMILES string of the molecule is CC1=CC(F)C(c2ccnc(Cl)c2C=O)CC1. The van der Waals surface area contributed by atoms with Gasteiger partial charge in [0.2, 0.25) is 0 Å². The Kier molecular flexibility index (Phi) is 3.57. The van der Waals surface area contributed by atoms with Crippen molar-refractivity contribution in [2.45, 2.75) is 31.9 Å². The van der Waals surface area contributed by atoms with Crippen molar-refractivity contribution in [3.05, 3.63) is 40.2 Å². The number of aldehydes is 1. The molecule has 1 aromatic heterocycles. The fourth-order valence-electron chi connectivity index (χ4n) is 2.24. The average molecular weight is 254 g/mol. The molecule has 1 aliphatic rings. The minimum atomic E-state index is -1.05. The molecular formula is C13H13ClFNO. The standard InChI is InChI=1S/C13H13ClFNO/c1-8-2-3-10(12(15)6-8)9-4-5-16-13(14)11(9)7-17/h4-7,10,12H,2-3H2,1H3. The number of rotatable bonds is 2. The Balaban J connectivity index is 2.41. The van der Waals surface area contributed by atoms with E-state index in [9.17, 15) is 9.18 Å². The highest BCUT2D eigenvalue weighted by molar-refractivity contribution is 6.31. The second-order valence-corrected chi connectivity index (χ2v) is 4.68. The lowest BCUT2D eigenvalue weighted by Gasteiger charge is -2.25. The van der Waals surface area contributed by atoms with Gasteiger partial charge in [-0.3, -0.25) is 4.79 Å². The van der Waals surface area contributed by atoms with Crippen LogP contribution in [0.2, 0.25) is 5.15 Å². The summed E-state index contributed by atoms with van der Waals surface area (Å²) in [4.78, 5) is 14.8. The summed E-state index contributed by atoms with van der Waals surface area (Å²) in [6.45, 7) is 1.92. The number of allylic oxidation sites excluding steroid dienone is 2. The molecule has 0 N–H and O–H groups in total. The quantitative estimate of drug-likeness (QED) is 0.457. The van der Waals surface area contributed by atoms with Crippen LogP contribution in [0.3, 0.4) is 0 Å². The second-order valence-electron chi connectivity index (χ2n) is 4.33. The molecule has 1 aromatic rings. The monoisotopic (exact) mass is 253 g/mol. The molecule has 0 amide bonds. The molecule has 4 heteroatoms. The van der Waals surface area contributed by atoms with E-state index in [1.807, 2.05) is 6.92 Å². The molecule has 0 saturated heterocycles. The van der Waals surface area contributed by atoms with Gasteiger partial charge in [0, 0.05) is 12.1 Å². The second kappa shape index (κ2) is 4.96. The van der Waals surface area contributed by atoms with Gasteiger partial charge < -0.3 is 0 Å². The van der Waals surface area contributed by atoms with Crippen molar-refractivity contribution < 1.29 is 9.18 Å². The van der Waals surface area contributed by atoms with Gasteiger partial charge in [0.1, 0.15) is 11.3 Å². The number of hydrogen-bond acceptors (Lipinski definition) is 2. The number of alkyl halides is 1. The average Bonchev–Trinajstić information content (AvgIpc) is 2.29. The van der Waals surface area contributed by atoms with Crippen molar-refractivity contribution in [1.29, 1.82) is 0 Å². The lowest BCUT2D eigenvalue weighted by molar-refractivity contribution is 0.112. The molecule has 0 spiro atoms. The van der Waals surface area contributed by atoms with E-state index < -0.39 is 6.17 Å². The Hall–Kier alpha value is -1.22. The summed E-state index contributed by atoms with van der Waals surface area (Å²) in [7, 11) is 0. The number of carbonyl (C=O) groups is 1. The fraction of sp³-hybridized carbons (Fsp3) is 0.385. The van der Waals surface area contributed by atoms with Crippen LogP contribution in [0, 0.1) is 0 Å². The molecule has 2 atom stereocenters. The number of halogens is 2. The van der Waals surface area contributed by atoms with Gasteiger partial charge in [-0.1, -0.05) is 23.3 Å². The number of hydrogen-bond donors (Lipinski definition) is 0. The van der Waals surface area contributed by atoms with Crippen LogP contribution in [-0.2, 0) is 0 Å². The van der Waals surface area contributed by atoms with E-state index in [4.69, 9.17) is 11.6 Å². The number of carbonyl (C=O) groups excluding carboxylic acids is 1. The third-order valence-corrected chi connectivity index (χ3v) is 3.47. The number of nitrogens with zero attached hydrogens (tertiary/aromatic N) is 1. The van der Waals surface area contributed by atoms with E-state index in [-0.39, 0.29) is 11.1 Å². The van der Waals surface area contributed by atoms with Gasteiger partial charge in [0.15, 0.2) is 6.29 Å². The molecule has 0 saturated carbocycles. The van der Waals surface area contributed by atoms with Crippen molar-refractivity contribution in [2.24, 2.45) is 0 Å². The Bertz CT molecular complexity index is 472. The largest absolute Gasteiger partial charge is 0.298 e. The summed E-state index contributed by atoms with van der Waals surface area (Å²) in [6, 6.07) is 1.68. The third kappa shape index (κ3) is 2.39. The minimum Gasteiger partial charge on any atom is -0.298 e. The van der Waals surface area contributed by atoms with E-state index in [0.717, 1.165) is 12.0 Å². The number of aromatic nitrogens is 1. The summed E-state index contributed by atoms with van der Waals surface area (Å²) in [5.74, 6) is -0.292. The minimum absolute atomic E-state index is 0.149. The molecule has 2 rings (SSSR count). The fourth-order valence-corrected chi connectivity index (χ4v) is 2.45. The predicted octanol–water partition coefficient (Wildman–Crippen LogP) is 3.71. The molecule has 0 bridgehead atoms. The molecule has 2 unspecified atom stereocenters. The highest BCUT2D eigenvalue weighted by Crippen LogP contribution is 2.36. The lowest BCUT2D eigenvalue weighted by atomic mass is 9.82. The van der Waals surface area contributed by atoms with Crippen LogP contribution in [0.1, 0.15) is 41.6 Å². The zero-order chi connectivity index (χ0) is 12.4. The summed E-state index contributed by atoms with van der Waals surface area (Å²) in [5, 5.41) is 0.149. The van der Waals surface area contributed by atoms with Crippen LogP contribution in [0.5, 0.6) is 0 Å². The zero-order valence-corrected chi connectivity index (χ0v) is 10.2. The first kappa shape index (κ1) is 12.2. The molecule has 90 valence electrons.